The first kappa shape index (κ1) is 21.9. The monoisotopic (exact) mass is 448 g/mol. The molecule has 7 nitrogen and oxygen atoms in total. The molecular formula is C26H32N4O3. The van der Waals surface area contributed by atoms with Crippen LogP contribution in [0.3, 0.4) is 0 Å². The van der Waals surface area contributed by atoms with Gasteiger partial charge in [0.25, 0.3) is 0 Å². The van der Waals surface area contributed by atoms with Crippen LogP contribution in [0.4, 0.5) is 5.69 Å². The smallest absolute Gasteiger partial charge is 0.247 e. The quantitative estimate of drug-likeness (QED) is 0.495. The van der Waals surface area contributed by atoms with Crippen molar-refractivity contribution in [1.82, 2.24) is 15.7 Å². The first-order valence-electron chi connectivity index (χ1n) is 12.0. The second-order valence-electron chi connectivity index (χ2n) is 9.47. The number of amides is 2. The summed E-state index contributed by atoms with van der Waals surface area (Å²) in [5, 5.41) is 13.0. The highest BCUT2D eigenvalue weighted by atomic mass is 16.5. The van der Waals surface area contributed by atoms with Gasteiger partial charge in [0.2, 0.25) is 11.8 Å². The van der Waals surface area contributed by atoms with E-state index in [4.69, 9.17) is 0 Å². The van der Waals surface area contributed by atoms with Gasteiger partial charge in [-0.25, -0.2) is 5.48 Å². The molecular weight excluding hydrogens is 416 g/mol. The first-order chi connectivity index (χ1) is 16.2. The summed E-state index contributed by atoms with van der Waals surface area (Å²) >= 11 is 0. The van der Waals surface area contributed by atoms with Crippen molar-refractivity contribution in [1.29, 1.82) is 0 Å². The van der Waals surface area contributed by atoms with E-state index in [0.29, 0.717) is 25.9 Å². The molecule has 0 radical (unpaired) electrons. The molecule has 2 fully saturated rings. The van der Waals surface area contributed by atoms with E-state index in [2.05, 4.69) is 46.6 Å². The third-order valence-corrected chi connectivity index (χ3v) is 7.74. The fraction of sp³-hybridized carbons (Fsp3) is 0.462. The van der Waals surface area contributed by atoms with Crippen LogP contribution < -0.4 is 15.7 Å². The molecule has 0 spiro atoms. The molecule has 2 aromatic rings. The molecule has 2 aliphatic heterocycles. The van der Waals surface area contributed by atoms with E-state index < -0.39 is 11.8 Å². The van der Waals surface area contributed by atoms with Crippen LogP contribution >= 0.6 is 0 Å². The zero-order valence-electron chi connectivity index (χ0n) is 18.8. The molecule has 1 saturated heterocycles. The van der Waals surface area contributed by atoms with Gasteiger partial charge in [0.1, 0.15) is 0 Å². The zero-order chi connectivity index (χ0) is 22.8. The van der Waals surface area contributed by atoms with E-state index >= 15 is 0 Å². The van der Waals surface area contributed by atoms with Gasteiger partial charge < -0.3 is 15.1 Å². The van der Waals surface area contributed by atoms with Crippen molar-refractivity contribution in [3.8, 4) is 0 Å². The Balaban J connectivity index is 1.26. The lowest BCUT2D eigenvalue weighted by atomic mass is 9.70. The van der Waals surface area contributed by atoms with Gasteiger partial charge in [-0.15, -0.1) is 0 Å². The minimum atomic E-state index is -0.511. The van der Waals surface area contributed by atoms with Gasteiger partial charge in [0.15, 0.2) is 0 Å². The second kappa shape index (κ2) is 9.53. The van der Waals surface area contributed by atoms with E-state index in [1.165, 1.54) is 16.8 Å². The molecule has 2 aromatic carbocycles. The molecule has 0 aromatic heterocycles. The number of hydroxylamine groups is 1. The number of hydrogen-bond donors (Lipinski definition) is 3. The van der Waals surface area contributed by atoms with Crippen molar-refractivity contribution in [2.75, 3.05) is 31.1 Å². The van der Waals surface area contributed by atoms with Gasteiger partial charge in [-0.05, 0) is 48.4 Å². The predicted molar refractivity (Wildman–Crippen MR) is 126 cm³/mol. The number of piperazine rings is 1. The fourth-order valence-corrected chi connectivity index (χ4v) is 5.98. The van der Waals surface area contributed by atoms with Gasteiger partial charge >= 0.3 is 0 Å². The standard InChI is InChI=1S/C26H32N4O3/c31-25(28-33)23-16-18(24-21-9-5-4-6-19(21)17-27-24)10-11-22(23)26(32)30-14-12-29(13-15-30)20-7-2-1-3-8-20/h1-9,18,22-24,27,33H,10-17H2,(H,28,31)/t18?,22-,23-,24+/m0/s1. The molecule has 3 aliphatic rings. The van der Waals surface area contributed by atoms with Crippen molar-refractivity contribution in [3.63, 3.8) is 0 Å². The number of fused-ring (bicyclic) bond motifs is 1. The number of carbonyl (C=O) groups excluding carboxylic acids is 2. The summed E-state index contributed by atoms with van der Waals surface area (Å²) in [6.07, 6.45) is 2.15. The Morgan fingerprint density at radius 3 is 2.39 bits per heavy atom. The number of nitrogens with zero attached hydrogens (tertiary/aromatic N) is 2. The lowest BCUT2D eigenvalue weighted by Gasteiger charge is -2.41. The summed E-state index contributed by atoms with van der Waals surface area (Å²) < 4.78 is 0. The lowest BCUT2D eigenvalue weighted by Crippen LogP contribution is -2.53. The highest BCUT2D eigenvalue weighted by Gasteiger charge is 2.44. The minimum absolute atomic E-state index is 0.0505. The Hall–Kier alpha value is -2.90. The van der Waals surface area contributed by atoms with E-state index in [1.54, 1.807) is 0 Å². The summed E-state index contributed by atoms with van der Waals surface area (Å²) in [5.74, 6) is -1.02. The molecule has 174 valence electrons. The maximum absolute atomic E-state index is 13.5. The zero-order valence-corrected chi connectivity index (χ0v) is 18.8. The van der Waals surface area contributed by atoms with Gasteiger partial charge in [0.05, 0.1) is 5.92 Å². The fourth-order valence-electron chi connectivity index (χ4n) is 5.98. The summed E-state index contributed by atoms with van der Waals surface area (Å²) in [4.78, 5) is 30.3. The van der Waals surface area contributed by atoms with Crippen LogP contribution in [-0.4, -0.2) is 48.1 Å². The highest BCUT2D eigenvalue weighted by molar-refractivity contribution is 5.87. The molecule has 3 N–H and O–H groups in total. The van der Waals surface area contributed by atoms with Gasteiger partial charge in [-0.2, -0.15) is 0 Å². The summed E-state index contributed by atoms with van der Waals surface area (Å²) in [6, 6.07) is 18.9. The number of benzene rings is 2. The minimum Gasteiger partial charge on any atom is -0.368 e. The van der Waals surface area contributed by atoms with Crippen LogP contribution in [0.25, 0.3) is 0 Å². The lowest BCUT2D eigenvalue weighted by molar-refractivity contribution is -0.148. The Morgan fingerprint density at radius 2 is 1.64 bits per heavy atom. The van der Waals surface area contributed by atoms with E-state index in [1.807, 2.05) is 28.6 Å². The molecule has 1 saturated carbocycles. The van der Waals surface area contributed by atoms with Crippen molar-refractivity contribution in [3.05, 3.63) is 65.7 Å². The van der Waals surface area contributed by atoms with Crippen molar-refractivity contribution < 1.29 is 14.8 Å². The topological polar surface area (TPSA) is 84.9 Å². The van der Waals surface area contributed by atoms with E-state index in [-0.39, 0.29) is 23.8 Å². The van der Waals surface area contributed by atoms with Crippen LogP contribution in [0.5, 0.6) is 0 Å². The average Bonchev–Trinajstić information content (AvgIpc) is 3.32. The second-order valence-corrected chi connectivity index (χ2v) is 9.47. The van der Waals surface area contributed by atoms with Crippen LogP contribution in [0.1, 0.15) is 36.4 Å². The van der Waals surface area contributed by atoms with Gasteiger partial charge in [-0.1, -0.05) is 42.5 Å². The third-order valence-electron chi connectivity index (χ3n) is 7.74. The Kier molecular flexibility index (Phi) is 6.33. The van der Waals surface area contributed by atoms with Crippen molar-refractivity contribution in [2.45, 2.75) is 31.8 Å². The van der Waals surface area contributed by atoms with Crippen LogP contribution in [-0.2, 0) is 16.1 Å². The summed E-state index contributed by atoms with van der Waals surface area (Å²) in [5.41, 5.74) is 5.62. The van der Waals surface area contributed by atoms with Crippen molar-refractivity contribution in [2.24, 2.45) is 17.8 Å². The average molecular weight is 449 g/mol. The first-order valence-corrected chi connectivity index (χ1v) is 12.0. The molecule has 1 aliphatic carbocycles. The molecule has 4 atom stereocenters. The maximum Gasteiger partial charge on any atom is 0.247 e. The number of para-hydroxylation sites is 1. The van der Waals surface area contributed by atoms with Crippen LogP contribution in [0, 0.1) is 17.8 Å². The molecule has 1 unspecified atom stereocenters. The summed E-state index contributed by atoms with van der Waals surface area (Å²) in [6.45, 7) is 3.70. The number of hydrogen-bond acceptors (Lipinski definition) is 5. The predicted octanol–water partition coefficient (Wildman–Crippen LogP) is 2.72. The molecule has 5 rings (SSSR count). The Bertz CT molecular complexity index is 990. The van der Waals surface area contributed by atoms with Gasteiger partial charge in [0, 0.05) is 50.4 Å². The third kappa shape index (κ3) is 4.35. The van der Waals surface area contributed by atoms with Crippen LogP contribution in [0.2, 0.25) is 0 Å². The van der Waals surface area contributed by atoms with Gasteiger partial charge in [-0.3, -0.25) is 14.8 Å². The number of anilines is 1. The highest BCUT2D eigenvalue weighted by Crippen LogP contribution is 2.43. The maximum atomic E-state index is 13.5. The van der Waals surface area contributed by atoms with Crippen molar-refractivity contribution >= 4 is 17.5 Å². The Labute approximate surface area is 194 Å². The molecule has 33 heavy (non-hydrogen) atoms. The largest absolute Gasteiger partial charge is 0.368 e. The van der Waals surface area contributed by atoms with Crippen LogP contribution in [0.15, 0.2) is 54.6 Å². The number of carbonyl (C=O) groups is 2. The SMILES string of the molecule is O=C(NO)[C@H]1CC([C@H]2NCc3ccccc32)CC[C@@H]1C(=O)N1CCN(c2ccccc2)CC1. The molecule has 0 bridgehead atoms. The van der Waals surface area contributed by atoms with E-state index in [0.717, 1.165) is 26.1 Å². The number of nitrogens with one attached hydrogen (secondary N) is 2. The van der Waals surface area contributed by atoms with E-state index in [9.17, 15) is 14.8 Å². The molecule has 2 amide bonds. The number of rotatable bonds is 4. The molecule has 2 heterocycles. The summed E-state index contributed by atoms with van der Waals surface area (Å²) in [7, 11) is 0. The normalized spacial score (nSPS) is 27.2. The molecule has 7 heteroatoms. The Morgan fingerprint density at radius 1 is 0.909 bits per heavy atom.